The first-order chi connectivity index (χ1) is 8.32. The van der Waals surface area contributed by atoms with Crippen LogP contribution in [0.5, 0.6) is 0 Å². The van der Waals surface area contributed by atoms with E-state index in [-0.39, 0.29) is 11.9 Å². The number of hydrogen-bond donors (Lipinski definition) is 1. The molecule has 1 rings (SSSR count). The second-order valence-corrected chi connectivity index (χ2v) is 5.20. The Morgan fingerprint density at radius 1 is 1.22 bits per heavy atom. The van der Waals surface area contributed by atoms with Gasteiger partial charge in [0.1, 0.15) is 0 Å². The summed E-state index contributed by atoms with van der Waals surface area (Å²) in [6.07, 6.45) is 0. The molecule has 3 nitrogen and oxygen atoms in total. The molecule has 0 aliphatic rings. The molecule has 1 N–H and O–H groups in total. The quantitative estimate of drug-likeness (QED) is 0.887. The lowest BCUT2D eigenvalue weighted by Gasteiger charge is -2.20. The number of benzene rings is 1. The molecule has 0 aromatic heterocycles. The van der Waals surface area contributed by atoms with E-state index in [9.17, 15) is 4.79 Å². The Labute approximate surface area is 110 Å². The van der Waals surface area contributed by atoms with E-state index in [1.165, 1.54) is 22.3 Å². The number of likely N-dealkylation sites (N-methyl/N-ethyl adjacent to an activating group) is 1. The third-order valence-electron chi connectivity index (χ3n) is 3.23. The Morgan fingerprint density at radius 2 is 1.72 bits per heavy atom. The first-order valence-electron chi connectivity index (χ1n) is 6.34. The zero-order chi connectivity index (χ0) is 13.9. The van der Waals surface area contributed by atoms with Crippen LogP contribution in [0.25, 0.3) is 0 Å². The molecule has 1 atom stereocenters. The maximum Gasteiger partial charge on any atom is 0.236 e. The fourth-order valence-electron chi connectivity index (χ4n) is 2.37. The lowest BCUT2D eigenvalue weighted by molar-refractivity contribution is -0.127. The number of aryl methyl sites for hydroxylation is 3. The minimum absolute atomic E-state index is 0.101. The van der Waals surface area contributed by atoms with Crippen molar-refractivity contribution in [2.45, 2.75) is 33.7 Å². The van der Waals surface area contributed by atoms with Gasteiger partial charge in [0, 0.05) is 20.1 Å². The second kappa shape index (κ2) is 6.01. The van der Waals surface area contributed by atoms with Gasteiger partial charge in [-0.15, -0.1) is 0 Å². The molecule has 1 amide bonds. The maximum absolute atomic E-state index is 11.6. The van der Waals surface area contributed by atoms with E-state index in [0.717, 1.165) is 0 Å². The summed E-state index contributed by atoms with van der Waals surface area (Å²) in [5.41, 5.74) is 5.15. The van der Waals surface area contributed by atoms with Crippen molar-refractivity contribution in [3.8, 4) is 0 Å². The van der Waals surface area contributed by atoms with Crippen LogP contribution in [0.1, 0.15) is 35.2 Å². The van der Waals surface area contributed by atoms with Crippen LogP contribution in [0.15, 0.2) is 12.1 Å². The minimum Gasteiger partial charge on any atom is -0.348 e. The lowest BCUT2D eigenvalue weighted by atomic mass is 9.95. The normalized spacial score (nSPS) is 12.3. The molecule has 0 saturated heterocycles. The summed E-state index contributed by atoms with van der Waals surface area (Å²) in [6, 6.07) is 4.57. The van der Waals surface area contributed by atoms with E-state index in [4.69, 9.17) is 0 Å². The van der Waals surface area contributed by atoms with Crippen LogP contribution in [0.4, 0.5) is 0 Å². The van der Waals surface area contributed by atoms with Gasteiger partial charge < -0.3 is 10.2 Å². The predicted molar refractivity (Wildman–Crippen MR) is 75.8 cm³/mol. The molecule has 0 bridgehead atoms. The molecular weight excluding hydrogens is 224 g/mol. The van der Waals surface area contributed by atoms with Crippen molar-refractivity contribution in [3.05, 3.63) is 34.4 Å². The summed E-state index contributed by atoms with van der Waals surface area (Å²) in [5, 5.41) is 3.29. The largest absolute Gasteiger partial charge is 0.348 e. The molecule has 1 aromatic rings. The van der Waals surface area contributed by atoms with Crippen LogP contribution < -0.4 is 5.32 Å². The molecule has 3 heteroatoms. The number of rotatable bonds is 4. The summed E-state index contributed by atoms with van der Waals surface area (Å²) in [7, 11) is 3.55. The monoisotopic (exact) mass is 248 g/mol. The molecule has 0 aliphatic heterocycles. The van der Waals surface area contributed by atoms with Crippen LogP contribution in [0.3, 0.4) is 0 Å². The molecular formula is C15H24N2O. The van der Waals surface area contributed by atoms with Crippen LogP contribution in [0.2, 0.25) is 0 Å². The molecule has 0 radical (unpaired) electrons. The van der Waals surface area contributed by atoms with Crippen molar-refractivity contribution in [2.75, 3.05) is 20.6 Å². The van der Waals surface area contributed by atoms with Gasteiger partial charge in [-0.3, -0.25) is 4.79 Å². The summed E-state index contributed by atoms with van der Waals surface area (Å²) >= 11 is 0. The van der Waals surface area contributed by atoms with Gasteiger partial charge in [0.25, 0.3) is 0 Å². The highest BCUT2D eigenvalue weighted by Crippen LogP contribution is 2.23. The van der Waals surface area contributed by atoms with Gasteiger partial charge in [-0.1, -0.05) is 17.7 Å². The number of hydrogen-bond acceptors (Lipinski definition) is 2. The van der Waals surface area contributed by atoms with Gasteiger partial charge in [0.05, 0.1) is 6.54 Å². The highest BCUT2D eigenvalue weighted by Gasteiger charge is 2.13. The number of carbonyl (C=O) groups is 1. The van der Waals surface area contributed by atoms with Crippen molar-refractivity contribution in [3.63, 3.8) is 0 Å². The second-order valence-electron chi connectivity index (χ2n) is 5.20. The van der Waals surface area contributed by atoms with E-state index >= 15 is 0 Å². The zero-order valence-corrected chi connectivity index (χ0v) is 12.3. The van der Waals surface area contributed by atoms with E-state index in [2.05, 4.69) is 45.1 Å². The van der Waals surface area contributed by atoms with Crippen molar-refractivity contribution in [1.82, 2.24) is 10.2 Å². The Hall–Kier alpha value is -1.35. The number of nitrogens with one attached hydrogen (secondary N) is 1. The summed E-state index contributed by atoms with van der Waals surface area (Å²) in [6.45, 7) is 8.84. The number of carbonyl (C=O) groups excluding carboxylic acids is 1. The minimum atomic E-state index is 0.101. The standard InChI is InChI=1S/C15H24N2O/c1-10-7-11(2)15(12(3)8-10)13(4)16-9-14(18)17(5)6/h7-8,13,16H,9H2,1-6H3. The van der Waals surface area contributed by atoms with Crippen LogP contribution in [-0.4, -0.2) is 31.4 Å². The van der Waals surface area contributed by atoms with Gasteiger partial charge in [0.15, 0.2) is 0 Å². The predicted octanol–water partition coefficient (Wildman–Crippen LogP) is 2.35. The first-order valence-corrected chi connectivity index (χ1v) is 6.34. The molecule has 0 aliphatic carbocycles. The van der Waals surface area contributed by atoms with Gasteiger partial charge in [-0.05, 0) is 44.4 Å². The van der Waals surface area contributed by atoms with E-state index in [1.54, 1.807) is 19.0 Å². The van der Waals surface area contributed by atoms with Crippen molar-refractivity contribution < 1.29 is 4.79 Å². The fourth-order valence-corrected chi connectivity index (χ4v) is 2.37. The van der Waals surface area contributed by atoms with E-state index in [1.807, 2.05) is 0 Å². The molecule has 100 valence electrons. The molecule has 0 saturated carbocycles. The zero-order valence-electron chi connectivity index (χ0n) is 12.3. The van der Waals surface area contributed by atoms with Gasteiger partial charge in [-0.25, -0.2) is 0 Å². The number of nitrogens with zero attached hydrogens (tertiary/aromatic N) is 1. The molecule has 0 heterocycles. The Morgan fingerprint density at radius 3 is 2.17 bits per heavy atom. The third-order valence-corrected chi connectivity index (χ3v) is 3.23. The van der Waals surface area contributed by atoms with Crippen LogP contribution >= 0.6 is 0 Å². The molecule has 1 unspecified atom stereocenters. The van der Waals surface area contributed by atoms with Crippen LogP contribution in [0, 0.1) is 20.8 Å². The summed E-state index contributed by atoms with van der Waals surface area (Å²) in [5.74, 6) is 0.101. The first kappa shape index (κ1) is 14.7. The maximum atomic E-state index is 11.6. The summed E-state index contributed by atoms with van der Waals surface area (Å²) < 4.78 is 0. The molecule has 18 heavy (non-hydrogen) atoms. The molecule has 1 aromatic carbocycles. The SMILES string of the molecule is Cc1cc(C)c(C(C)NCC(=O)N(C)C)c(C)c1. The highest BCUT2D eigenvalue weighted by molar-refractivity contribution is 5.77. The Bertz CT molecular complexity index is 415. The van der Waals surface area contributed by atoms with Gasteiger partial charge in [0.2, 0.25) is 5.91 Å². The average molecular weight is 248 g/mol. The Balaban J connectivity index is 2.79. The number of amides is 1. The van der Waals surface area contributed by atoms with Crippen molar-refractivity contribution >= 4 is 5.91 Å². The third kappa shape index (κ3) is 3.57. The average Bonchev–Trinajstić information content (AvgIpc) is 2.24. The fraction of sp³-hybridized carbons (Fsp3) is 0.533. The highest BCUT2D eigenvalue weighted by atomic mass is 16.2. The summed E-state index contributed by atoms with van der Waals surface area (Å²) in [4.78, 5) is 13.2. The van der Waals surface area contributed by atoms with Gasteiger partial charge >= 0.3 is 0 Å². The lowest BCUT2D eigenvalue weighted by Crippen LogP contribution is -2.34. The van der Waals surface area contributed by atoms with E-state index < -0.39 is 0 Å². The molecule has 0 spiro atoms. The smallest absolute Gasteiger partial charge is 0.236 e. The Kier molecular flexibility index (Phi) is 4.91. The molecule has 0 fully saturated rings. The van der Waals surface area contributed by atoms with Crippen molar-refractivity contribution in [1.29, 1.82) is 0 Å². The topological polar surface area (TPSA) is 32.3 Å². The van der Waals surface area contributed by atoms with Crippen LogP contribution in [-0.2, 0) is 4.79 Å². The van der Waals surface area contributed by atoms with E-state index in [0.29, 0.717) is 6.54 Å². The van der Waals surface area contributed by atoms with Gasteiger partial charge in [-0.2, -0.15) is 0 Å². The van der Waals surface area contributed by atoms with Crippen molar-refractivity contribution in [2.24, 2.45) is 0 Å².